The molecule has 0 atom stereocenters. The molecule has 0 bridgehead atoms. The molecule has 0 saturated heterocycles. The van der Waals surface area contributed by atoms with E-state index in [9.17, 15) is 4.79 Å². The van der Waals surface area contributed by atoms with E-state index in [-0.39, 0.29) is 11.9 Å². The number of carbonyl (C=O) groups excluding carboxylic acids is 1. The zero-order valence-corrected chi connectivity index (χ0v) is 9.86. The predicted molar refractivity (Wildman–Crippen MR) is 65.3 cm³/mol. The van der Waals surface area contributed by atoms with Crippen LogP contribution in [0.15, 0.2) is 30.3 Å². The molecule has 0 radical (unpaired) electrons. The van der Waals surface area contributed by atoms with Crippen molar-refractivity contribution in [3.05, 3.63) is 35.9 Å². The van der Waals surface area contributed by atoms with Gasteiger partial charge in [-0.1, -0.05) is 12.1 Å². The zero-order valence-electron chi connectivity index (χ0n) is 9.86. The van der Waals surface area contributed by atoms with E-state index in [1.54, 1.807) is 13.2 Å². The Labute approximate surface area is 96.1 Å². The summed E-state index contributed by atoms with van der Waals surface area (Å²) in [6, 6.07) is 7.70. The smallest absolute Gasteiger partial charge is 0.244 e. The molecular weight excluding hydrogens is 202 g/mol. The van der Waals surface area contributed by atoms with Gasteiger partial charge in [-0.3, -0.25) is 4.79 Å². The van der Waals surface area contributed by atoms with Crippen molar-refractivity contribution in [2.45, 2.75) is 19.9 Å². The van der Waals surface area contributed by atoms with E-state index in [2.05, 4.69) is 5.32 Å². The van der Waals surface area contributed by atoms with E-state index in [0.29, 0.717) is 0 Å². The van der Waals surface area contributed by atoms with Crippen molar-refractivity contribution < 1.29 is 9.53 Å². The monoisotopic (exact) mass is 219 g/mol. The van der Waals surface area contributed by atoms with E-state index < -0.39 is 0 Å². The third kappa shape index (κ3) is 4.17. The third-order valence-electron chi connectivity index (χ3n) is 1.95. The second-order valence-corrected chi connectivity index (χ2v) is 3.77. The summed E-state index contributed by atoms with van der Waals surface area (Å²) in [4.78, 5) is 11.4. The van der Waals surface area contributed by atoms with E-state index in [1.807, 2.05) is 38.1 Å². The Bertz CT molecular complexity index is 383. The Hall–Kier alpha value is -1.77. The van der Waals surface area contributed by atoms with Gasteiger partial charge in [0.2, 0.25) is 5.91 Å². The number of carbonyl (C=O) groups is 1. The molecule has 0 aliphatic rings. The van der Waals surface area contributed by atoms with Crippen molar-refractivity contribution >= 4 is 12.0 Å². The van der Waals surface area contributed by atoms with Gasteiger partial charge in [0.1, 0.15) is 5.75 Å². The van der Waals surface area contributed by atoms with Crippen LogP contribution < -0.4 is 10.1 Å². The summed E-state index contributed by atoms with van der Waals surface area (Å²) in [6.07, 6.45) is 3.29. The molecule has 1 aromatic carbocycles. The molecular formula is C13H17NO2. The Balaban J connectivity index is 2.65. The van der Waals surface area contributed by atoms with Crippen LogP contribution in [0.2, 0.25) is 0 Å². The van der Waals surface area contributed by atoms with Gasteiger partial charge in [-0.25, -0.2) is 0 Å². The highest BCUT2D eigenvalue weighted by Gasteiger charge is 1.97. The molecule has 1 rings (SSSR count). The second kappa shape index (κ2) is 5.95. The molecule has 86 valence electrons. The highest BCUT2D eigenvalue weighted by molar-refractivity contribution is 5.91. The molecule has 0 heterocycles. The molecule has 0 spiro atoms. The fraction of sp³-hybridized carbons (Fsp3) is 0.308. The van der Waals surface area contributed by atoms with Crippen LogP contribution in [0.25, 0.3) is 6.08 Å². The minimum Gasteiger partial charge on any atom is -0.497 e. The van der Waals surface area contributed by atoms with Gasteiger partial charge in [0.05, 0.1) is 7.11 Å². The summed E-state index contributed by atoms with van der Waals surface area (Å²) in [5.41, 5.74) is 0.943. The summed E-state index contributed by atoms with van der Waals surface area (Å²) in [7, 11) is 1.62. The largest absolute Gasteiger partial charge is 0.497 e. The minimum absolute atomic E-state index is 0.0854. The summed E-state index contributed by atoms with van der Waals surface area (Å²) in [6.45, 7) is 3.86. The molecule has 1 amide bonds. The molecule has 0 aliphatic heterocycles. The van der Waals surface area contributed by atoms with Gasteiger partial charge in [-0.2, -0.15) is 0 Å². The molecule has 1 N–H and O–H groups in total. The van der Waals surface area contributed by atoms with Crippen LogP contribution >= 0.6 is 0 Å². The van der Waals surface area contributed by atoms with Crippen LogP contribution in [0.1, 0.15) is 19.4 Å². The molecule has 0 fully saturated rings. The lowest BCUT2D eigenvalue weighted by Crippen LogP contribution is -2.28. The van der Waals surface area contributed by atoms with Crippen molar-refractivity contribution in [1.82, 2.24) is 5.32 Å². The van der Waals surface area contributed by atoms with Crippen molar-refractivity contribution in [2.24, 2.45) is 0 Å². The van der Waals surface area contributed by atoms with Gasteiger partial charge in [0.15, 0.2) is 0 Å². The van der Waals surface area contributed by atoms with Gasteiger partial charge in [0, 0.05) is 12.1 Å². The molecule has 0 aliphatic carbocycles. The van der Waals surface area contributed by atoms with Crippen LogP contribution in [0.3, 0.4) is 0 Å². The molecule has 3 nitrogen and oxygen atoms in total. The van der Waals surface area contributed by atoms with Crippen LogP contribution in [0, 0.1) is 0 Å². The van der Waals surface area contributed by atoms with E-state index in [4.69, 9.17) is 4.74 Å². The van der Waals surface area contributed by atoms with Gasteiger partial charge in [0.25, 0.3) is 0 Å². The molecule has 3 heteroatoms. The van der Waals surface area contributed by atoms with Crippen molar-refractivity contribution in [3.63, 3.8) is 0 Å². The number of amides is 1. The number of ether oxygens (including phenoxy) is 1. The second-order valence-electron chi connectivity index (χ2n) is 3.77. The maximum Gasteiger partial charge on any atom is 0.244 e. The Morgan fingerprint density at radius 3 is 2.81 bits per heavy atom. The van der Waals surface area contributed by atoms with Crippen LogP contribution in [0.4, 0.5) is 0 Å². The van der Waals surface area contributed by atoms with Gasteiger partial charge >= 0.3 is 0 Å². The van der Waals surface area contributed by atoms with Gasteiger partial charge < -0.3 is 10.1 Å². The van der Waals surface area contributed by atoms with Crippen molar-refractivity contribution in [2.75, 3.05) is 7.11 Å². The van der Waals surface area contributed by atoms with E-state index in [0.717, 1.165) is 11.3 Å². The Kier molecular flexibility index (Phi) is 4.58. The van der Waals surface area contributed by atoms with Crippen molar-refractivity contribution in [1.29, 1.82) is 0 Å². The summed E-state index contributed by atoms with van der Waals surface area (Å²) in [5.74, 6) is 0.698. The van der Waals surface area contributed by atoms with Crippen LogP contribution in [-0.4, -0.2) is 19.1 Å². The van der Waals surface area contributed by atoms with Crippen molar-refractivity contribution in [3.8, 4) is 5.75 Å². The molecule has 16 heavy (non-hydrogen) atoms. The van der Waals surface area contributed by atoms with Gasteiger partial charge in [-0.15, -0.1) is 0 Å². The lowest BCUT2D eigenvalue weighted by Gasteiger charge is -2.04. The number of hydrogen-bond acceptors (Lipinski definition) is 2. The Morgan fingerprint density at radius 1 is 1.44 bits per heavy atom. The number of rotatable bonds is 4. The topological polar surface area (TPSA) is 38.3 Å². The SMILES string of the molecule is COc1cccc(/C=C/C(=O)NC(C)C)c1. The van der Waals surface area contributed by atoms with E-state index >= 15 is 0 Å². The number of benzene rings is 1. The molecule has 1 aromatic rings. The predicted octanol–water partition coefficient (Wildman–Crippen LogP) is 2.23. The first-order valence-electron chi connectivity index (χ1n) is 5.24. The minimum atomic E-state index is -0.0854. The normalized spacial score (nSPS) is 10.8. The molecule has 0 unspecified atom stereocenters. The number of hydrogen-bond donors (Lipinski definition) is 1. The standard InChI is InChI=1S/C13H17NO2/c1-10(2)14-13(15)8-7-11-5-4-6-12(9-11)16-3/h4-10H,1-3H3,(H,14,15)/b8-7+. The number of methoxy groups -OCH3 is 1. The molecule has 0 aromatic heterocycles. The lowest BCUT2D eigenvalue weighted by molar-refractivity contribution is -0.116. The fourth-order valence-electron chi connectivity index (χ4n) is 1.25. The van der Waals surface area contributed by atoms with Gasteiger partial charge in [-0.05, 0) is 37.6 Å². The molecule has 0 saturated carbocycles. The average Bonchev–Trinajstić information content (AvgIpc) is 2.26. The average molecular weight is 219 g/mol. The summed E-state index contributed by atoms with van der Waals surface area (Å²) in [5, 5.41) is 2.78. The van der Waals surface area contributed by atoms with Crippen LogP contribution in [-0.2, 0) is 4.79 Å². The quantitative estimate of drug-likeness (QED) is 0.789. The first kappa shape index (κ1) is 12.3. The highest BCUT2D eigenvalue weighted by Crippen LogP contribution is 2.13. The zero-order chi connectivity index (χ0) is 12.0. The lowest BCUT2D eigenvalue weighted by atomic mass is 10.2. The van der Waals surface area contributed by atoms with Crippen LogP contribution in [0.5, 0.6) is 5.75 Å². The first-order chi connectivity index (χ1) is 7.61. The highest BCUT2D eigenvalue weighted by atomic mass is 16.5. The summed E-state index contributed by atoms with van der Waals surface area (Å²) < 4.78 is 5.09. The third-order valence-corrected chi connectivity index (χ3v) is 1.95. The maximum atomic E-state index is 11.4. The number of nitrogens with one attached hydrogen (secondary N) is 1. The Morgan fingerprint density at radius 2 is 2.19 bits per heavy atom. The maximum absolute atomic E-state index is 11.4. The summed E-state index contributed by atoms with van der Waals surface area (Å²) >= 11 is 0. The first-order valence-corrected chi connectivity index (χ1v) is 5.24. The van der Waals surface area contributed by atoms with E-state index in [1.165, 1.54) is 6.08 Å². The fourth-order valence-corrected chi connectivity index (χ4v) is 1.25.